The Kier molecular flexibility index (Phi) is 3.46. The number of carbonyl (C=O) groups is 1. The van der Waals surface area contributed by atoms with E-state index in [2.05, 4.69) is 5.32 Å². The lowest BCUT2D eigenvalue weighted by Crippen LogP contribution is -2.47. The quantitative estimate of drug-likeness (QED) is 0.493. The fraction of sp³-hybridized carbons (Fsp3) is 0.857. The number of hydrogen-bond acceptors (Lipinski definition) is 5. The van der Waals surface area contributed by atoms with Crippen molar-refractivity contribution in [3.63, 3.8) is 0 Å². The van der Waals surface area contributed by atoms with Gasteiger partial charge in [-0.2, -0.15) is 0 Å². The molecule has 7 heteroatoms. The molecule has 0 aromatic carbocycles. The van der Waals surface area contributed by atoms with Gasteiger partial charge in [0.2, 0.25) is 5.91 Å². The van der Waals surface area contributed by atoms with Crippen LogP contribution in [-0.2, 0) is 14.6 Å². The van der Waals surface area contributed by atoms with E-state index in [9.17, 15) is 13.2 Å². The summed E-state index contributed by atoms with van der Waals surface area (Å²) in [6, 6.07) is -1.33. The van der Waals surface area contributed by atoms with E-state index >= 15 is 0 Å². The van der Waals surface area contributed by atoms with Crippen molar-refractivity contribution in [1.29, 1.82) is 0 Å². The third-order valence-electron chi connectivity index (χ3n) is 2.11. The van der Waals surface area contributed by atoms with Gasteiger partial charge in [0, 0.05) is 6.04 Å². The normalized spacial score (nSPS) is 27.1. The number of aliphatic hydroxyl groups excluding tert-OH is 1. The molecule has 6 nitrogen and oxygen atoms in total. The molecule has 1 heterocycles. The molecule has 0 spiro atoms. The zero-order valence-corrected chi connectivity index (χ0v) is 8.46. The Bertz CT molecular complexity index is 314. The maximum atomic E-state index is 11.2. The van der Waals surface area contributed by atoms with Gasteiger partial charge in [-0.3, -0.25) is 4.79 Å². The number of hydrogen-bond donors (Lipinski definition) is 3. The van der Waals surface area contributed by atoms with Crippen LogP contribution in [0.5, 0.6) is 0 Å². The van der Waals surface area contributed by atoms with E-state index in [-0.39, 0.29) is 17.5 Å². The molecule has 82 valence electrons. The van der Waals surface area contributed by atoms with Gasteiger partial charge in [0.25, 0.3) is 0 Å². The average molecular weight is 222 g/mol. The number of sulfone groups is 1. The molecule has 1 aliphatic heterocycles. The molecule has 1 rings (SSSR count). The van der Waals surface area contributed by atoms with Crippen LogP contribution in [0.25, 0.3) is 0 Å². The number of amides is 1. The second-order valence-electron chi connectivity index (χ2n) is 3.40. The highest BCUT2D eigenvalue weighted by molar-refractivity contribution is 7.91. The fourth-order valence-corrected chi connectivity index (χ4v) is 2.97. The molecule has 1 aliphatic rings. The molecule has 1 saturated heterocycles. The Labute approximate surface area is 82.4 Å². The monoisotopic (exact) mass is 222 g/mol. The number of carbonyl (C=O) groups excluding carboxylic acids is 1. The molecule has 14 heavy (non-hydrogen) atoms. The van der Waals surface area contributed by atoms with Gasteiger partial charge in [0.1, 0.15) is 6.04 Å². The highest BCUT2D eigenvalue weighted by Gasteiger charge is 2.29. The highest BCUT2D eigenvalue weighted by Crippen LogP contribution is 2.10. The summed E-state index contributed by atoms with van der Waals surface area (Å²) in [5.74, 6) is -0.432. The van der Waals surface area contributed by atoms with Crippen LogP contribution < -0.4 is 11.1 Å². The van der Waals surface area contributed by atoms with Gasteiger partial charge in [0.05, 0.1) is 18.1 Å². The Morgan fingerprint density at radius 1 is 1.64 bits per heavy atom. The molecule has 0 aliphatic carbocycles. The van der Waals surface area contributed by atoms with E-state index in [0.29, 0.717) is 6.42 Å². The molecule has 1 amide bonds. The van der Waals surface area contributed by atoms with Crippen molar-refractivity contribution in [2.24, 2.45) is 5.73 Å². The van der Waals surface area contributed by atoms with E-state index in [4.69, 9.17) is 10.8 Å². The lowest BCUT2D eigenvalue weighted by atomic mass is 10.2. The van der Waals surface area contributed by atoms with E-state index < -0.39 is 28.4 Å². The Hall–Kier alpha value is -0.660. The number of nitrogens with one attached hydrogen (secondary N) is 1. The van der Waals surface area contributed by atoms with Crippen LogP contribution >= 0.6 is 0 Å². The van der Waals surface area contributed by atoms with Crippen LogP contribution in [0, 0.1) is 0 Å². The number of aliphatic hydroxyl groups is 1. The maximum Gasteiger partial charge on any atom is 0.239 e. The number of rotatable bonds is 3. The zero-order chi connectivity index (χ0) is 10.8. The van der Waals surface area contributed by atoms with Crippen LogP contribution in [0.4, 0.5) is 0 Å². The van der Waals surface area contributed by atoms with Gasteiger partial charge in [-0.15, -0.1) is 0 Å². The molecule has 0 saturated carbocycles. The van der Waals surface area contributed by atoms with Crippen LogP contribution in [0.2, 0.25) is 0 Å². The minimum atomic E-state index is -2.99. The first-order valence-corrected chi connectivity index (χ1v) is 6.14. The van der Waals surface area contributed by atoms with Crippen LogP contribution in [-0.4, -0.2) is 49.6 Å². The van der Waals surface area contributed by atoms with E-state index in [0.717, 1.165) is 0 Å². The molecule has 2 unspecified atom stereocenters. The maximum absolute atomic E-state index is 11.2. The van der Waals surface area contributed by atoms with Crippen molar-refractivity contribution in [3.8, 4) is 0 Å². The summed E-state index contributed by atoms with van der Waals surface area (Å²) >= 11 is 0. The Morgan fingerprint density at radius 3 is 2.71 bits per heavy atom. The SMILES string of the molecule is NC(CO)C(=O)NC1CCS(=O)(=O)C1. The van der Waals surface area contributed by atoms with Crippen molar-refractivity contribution in [3.05, 3.63) is 0 Å². The second kappa shape index (κ2) is 4.24. The van der Waals surface area contributed by atoms with Crippen LogP contribution in [0.15, 0.2) is 0 Å². The topological polar surface area (TPSA) is 109 Å². The second-order valence-corrected chi connectivity index (χ2v) is 5.63. The van der Waals surface area contributed by atoms with Crippen molar-refractivity contribution < 1.29 is 18.3 Å². The summed E-state index contributed by atoms with van der Waals surface area (Å²) in [6.07, 6.45) is 0.423. The lowest BCUT2D eigenvalue weighted by Gasteiger charge is -2.13. The molecule has 0 radical (unpaired) electrons. The average Bonchev–Trinajstić information content (AvgIpc) is 2.44. The standard InChI is InChI=1S/C7H14N2O4S/c8-6(3-10)7(11)9-5-1-2-14(12,13)4-5/h5-6,10H,1-4,8H2,(H,9,11). The Balaban J connectivity index is 2.44. The number of nitrogens with two attached hydrogens (primary N) is 1. The highest BCUT2D eigenvalue weighted by atomic mass is 32.2. The molecule has 4 N–H and O–H groups in total. The zero-order valence-electron chi connectivity index (χ0n) is 7.64. The predicted molar refractivity (Wildman–Crippen MR) is 50.3 cm³/mol. The first kappa shape index (κ1) is 11.4. The summed E-state index contributed by atoms with van der Waals surface area (Å²) in [6.45, 7) is -0.439. The van der Waals surface area contributed by atoms with Gasteiger partial charge in [-0.05, 0) is 6.42 Å². The van der Waals surface area contributed by atoms with Gasteiger partial charge >= 0.3 is 0 Å². The third kappa shape index (κ3) is 2.93. The molecule has 0 aromatic rings. The summed E-state index contributed by atoms with van der Waals surface area (Å²) < 4.78 is 22.1. The van der Waals surface area contributed by atoms with Gasteiger partial charge < -0.3 is 16.2 Å². The summed E-state index contributed by atoms with van der Waals surface area (Å²) in [7, 11) is -2.99. The molecule has 0 bridgehead atoms. The minimum Gasteiger partial charge on any atom is -0.394 e. The molecule has 1 fully saturated rings. The van der Waals surface area contributed by atoms with Crippen molar-refractivity contribution in [2.45, 2.75) is 18.5 Å². The summed E-state index contributed by atoms with van der Waals surface area (Å²) in [5, 5.41) is 11.1. The largest absolute Gasteiger partial charge is 0.394 e. The molecule has 2 atom stereocenters. The van der Waals surface area contributed by atoms with Crippen molar-refractivity contribution in [1.82, 2.24) is 5.32 Å². The lowest BCUT2D eigenvalue weighted by molar-refractivity contribution is -0.123. The first-order valence-electron chi connectivity index (χ1n) is 4.32. The smallest absolute Gasteiger partial charge is 0.239 e. The van der Waals surface area contributed by atoms with Gasteiger partial charge in [-0.1, -0.05) is 0 Å². The van der Waals surface area contributed by atoms with E-state index in [1.165, 1.54) is 0 Å². The third-order valence-corrected chi connectivity index (χ3v) is 3.88. The van der Waals surface area contributed by atoms with Gasteiger partial charge in [0.15, 0.2) is 9.84 Å². The molecule has 0 aromatic heterocycles. The summed E-state index contributed by atoms with van der Waals surface area (Å²) in [5.41, 5.74) is 5.25. The van der Waals surface area contributed by atoms with Crippen molar-refractivity contribution >= 4 is 15.7 Å². The van der Waals surface area contributed by atoms with Crippen LogP contribution in [0.1, 0.15) is 6.42 Å². The summed E-state index contributed by atoms with van der Waals surface area (Å²) in [4.78, 5) is 11.2. The van der Waals surface area contributed by atoms with Crippen molar-refractivity contribution in [2.75, 3.05) is 18.1 Å². The first-order chi connectivity index (χ1) is 6.44. The molecular weight excluding hydrogens is 208 g/mol. The van der Waals surface area contributed by atoms with E-state index in [1.54, 1.807) is 0 Å². The van der Waals surface area contributed by atoms with E-state index in [1.807, 2.05) is 0 Å². The fourth-order valence-electron chi connectivity index (χ4n) is 1.30. The predicted octanol–water partition coefficient (Wildman–Crippen LogP) is -2.39. The van der Waals surface area contributed by atoms with Crippen LogP contribution in [0.3, 0.4) is 0 Å². The minimum absolute atomic E-state index is 0.0309. The molecular formula is C7H14N2O4S. The Morgan fingerprint density at radius 2 is 2.29 bits per heavy atom. The van der Waals surface area contributed by atoms with Gasteiger partial charge in [-0.25, -0.2) is 8.42 Å².